The number of hydrogen-bond donors (Lipinski definition) is 2. The Morgan fingerprint density at radius 3 is 2.44 bits per heavy atom. The van der Waals surface area contributed by atoms with Gasteiger partial charge in [0.15, 0.2) is 17.5 Å². The zero-order valence-electron chi connectivity index (χ0n) is 15.4. The van der Waals surface area contributed by atoms with Gasteiger partial charge in [0, 0.05) is 23.3 Å². The van der Waals surface area contributed by atoms with Gasteiger partial charge in [-0.05, 0) is 43.2 Å². The largest absolute Gasteiger partial charge is 0.493 e. The number of hydrogen-bond acceptors (Lipinski definition) is 4. The van der Waals surface area contributed by atoms with Crippen LogP contribution in [-0.2, 0) is 19.5 Å². The van der Waals surface area contributed by atoms with Crippen molar-refractivity contribution in [1.29, 1.82) is 0 Å². The smallest absolute Gasteiger partial charge is 0.191 e. The van der Waals surface area contributed by atoms with Crippen LogP contribution in [0.5, 0.6) is 11.5 Å². The van der Waals surface area contributed by atoms with Gasteiger partial charge in [0.1, 0.15) is 0 Å². The third kappa shape index (κ3) is 5.67. The molecule has 0 radical (unpaired) electrons. The van der Waals surface area contributed by atoms with Crippen molar-refractivity contribution in [2.24, 2.45) is 4.99 Å². The molecule has 0 amide bonds. The minimum absolute atomic E-state index is 0.618. The Hall–Kier alpha value is -2.21. The van der Waals surface area contributed by atoms with E-state index in [1.165, 1.54) is 9.75 Å². The Balaban J connectivity index is 1.89. The van der Waals surface area contributed by atoms with Gasteiger partial charge in [-0.2, -0.15) is 0 Å². The van der Waals surface area contributed by atoms with E-state index in [9.17, 15) is 0 Å². The Kier molecular flexibility index (Phi) is 7.60. The lowest BCUT2D eigenvalue weighted by Gasteiger charge is -2.13. The van der Waals surface area contributed by atoms with E-state index in [4.69, 9.17) is 9.47 Å². The van der Waals surface area contributed by atoms with E-state index in [0.717, 1.165) is 36.0 Å². The molecule has 0 saturated carbocycles. The van der Waals surface area contributed by atoms with Gasteiger partial charge < -0.3 is 20.1 Å². The van der Waals surface area contributed by atoms with Crippen molar-refractivity contribution in [2.45, 2.75) is 33.4 Å². The molecule has 0 atom stereocenters. The lowest BCUT2D eigenvalue weighted by molar-refractivity contribution is 0.310. The Labute approximate surface area is 154 Å². The molecule has 1 aromatic carbocycles. The summed E-state index contributed by atoms with van der Waals surface area (Å²) in [5.41, 5.74) is 1.10. The first kappa shape index (κ1) is 19.1. The highest BCUT2D eigenvalue weighted by molar-refractivity contribution is 7.11. The standard InChI is InChI=1S/C19H27N3O2S/c1-5-15-8-9-16(25-15)13-22-19(20-3)21-12-14-7-10-17(24-6-2)18(11-14)23-4/h7-11H,5-6,12-13H2,1-4H3,(H2,20,21,22). The highest BCUT2D eigenvalue weighted by Gasteiger charge is 2.06. The molecule has 0 aliphatic rings. The Morgan fingerprint density at radius 1 is 1.04 bits per heavy atom. The fraction of sp³-hybridized carbons (Fsp3) is 0.421. The summed E-state index contributed by atoms with van der Waals surface area (Å²) in [6, 6.07) is 10.3. The molecule has 6 heteroatoms. The second kappa shape index (κ2) is 9.93. The van der Waals surface area contributed by atoms with Crippen molar-refractivity contribution in [3.63, 3.8) is 0 Å². The van der Waals surface area contributed by atoms with Gasteiger partial charge in [0.25, 0.3) is 0 Å². The quantitative estimate of drug-likeness (QED) is 0.557. The summed E-state index contributed by atoms with van der Waals surface area (Å²) in [6.07, 6.45) is 1.08. The molecule has 1 aromatic heterocycles. The van der Waals surface area contributed by atoms with E-state index in [1.807, 2.05) is 36.5 Å². The lowest BCUT2D eigenvalue weighted by Crippen LogP contribution is -2.36. The third-order valence-electron chi connectivity index (χ3n) is 3.71. The molecular formula is C19H27N3O2S. The topological polar surface area (TPSA) is 54.9 Å². The number of ether oxygens (including phenoxy) is 2. The summed E-state index contributed by atoms with van der Waals surface area (Å²) in [5.74, 6) is 2.29. The lowest BCUT2D eigenvalue weighted by atomic mass is 10.2. The molecule has 0 saturated heterocycles. The Bertz CT molecular complexity index is 698. The van der Waals surface area contributed by atoms with Crippen LogP contribution in [0.3, 0.4) is 0 Å². The van der Waals surface area contributed by atoms with Crippen molar-refractivity contribution in [2.75, 3.05) is 20.8 Å². The van der Waals surface area contributed by atoms with Gasteiger partial charge in [-0.3, -0.25) is 4.99 Å². The van der Waals surface area contributed by atoms with Crippen molar-refractivity contribution in [1.82, 2.24) is 10.6 Å². The van der Waals surface area contributed by atoms with Crippen molar-refractivity contribution < 1.29 is 9.47 Å². The second-order valence-electron chi connectivity index (χ2n) is 5.42. The SMILES string of the molecule is CCOc1ccc(CNC(=NC)NCc2ccc(CC)s2)cc1OC. The normalized spacial score (nSPS) is 11.3. The zero-order valence-corrected chi connectivity index (χ0v) is 16.2. The molecule has 25 heavy (non-hydrogen) atoms. The third-order valence-corrected chi connectivity index (χ3v) is 4.94. The molecule has 2 aromatic rings. The molecule has 136 valence electrons. The number of aryl methyl sites for hydroxylation is 1. The molecule has 0 aliphatic heterocycles. The maximum atomic E-state index is 5.55. The molecule has 0 unspecified atom stereocenters. The summed E-state index contributed by atoms with van der Waals surface area (Å²) in [6.45, 7) is 6.19. The molecule has 1 heterocycles. The van der Waals surface area contributed by atoms with Crippen LogP contribution in [0.4, 0.5) is 0 Å². The van der Waals surface area contributed by atoms with Crippen molar-refractivity contribution in [3.8, 4) is 11.5 Å². The number of rotatable bonds is 8. The highest BCUT2D eigenvalue weighted by Crippen LogP contribution is 2.27. The number of thiophene rings is 1. The van der Waals surface area contributed by atoms with Gasteiger partial charge in [-0.15, -0.1) is 11.3 Å². The fourth-order valence-electron chi connectivity index (χ4n) is 2.38. The predicted molar refractivity (Wildman–Crippen MR) is 105 cm³/mol. The van der Waals surface area contributed by atoms with E-state index < -0.39 is 0 Å². The van der Waals surface area contributed by atoms with E-state index in [1.54, 1.807) is 14.2 Å². The minimum Gasteiger partial charge on any atom is -0.493 e. The van der Waals surface area contributed by atoms with Crippen molar-refractivity contribution >= 4 is 17.3 Å². The van der Waals surface area contributed by atoms with E-state index >= 15 is 0 Å². The van der Waals surface area contributed by atoms with Crippen LogP contribution in [0.15, 0.2) is 35.3 Å². The van der Waals surface area contributed by atoms with Crippen LogP contribution in [0.2, 0.25) is 0 Å². The highest BCUT2D eigenvalue weighted by atomic mass is 32.1. The summed E-state index contributed by atoms with van der Waals surface area (Å²) in [7, 11) is 3.43. The van der Waals surface area contributed by atoms with Crippen LogP contribution >= 0.6 is 11.3 Å². The van der Waals surface area contributed by atoms with Crippen LogP contribution < -0.4 is 20.1 Å². The van der Waals surface area contributed by atoms with Gasteiger partial charge in [-0.25, -0.2) is 0 Å². The summed E-state index contributed by atoms with van der Waals surface area (Å²) in [5, 5.41) is 6.67. The minimum atomic E-state index is 0.618. The number of guanidine groups is 1. The first-order chi connectivity index (χ1) is 12.2. The first-order valence-corrected chi connectivity index (χ1v) is 9.33. The number of methoxy groups -OCH3 is 1. The maximum Gasteiger partial charge on any atom is 0.191 e. The molecule has 0 bridgehead atoms. The number of nitrogens with zero attached hydrogens (tertiary/aromatic N) is 1. The molecular weight excluding hydrogens is 334 g/mol. The second-order valence-corrected chi connectivity index (χ2v) is 6.67. The monoisotopic (exact) mass is 361 g/mol. The molecule has 5 nitrogen and oxygen atoms in total. The average molecular weight is 362 g/mol. The molecule has 2 N–H and O–H groups in total. The van der Waals surface area contributed by atoms with Gasteiger partial charge in [0.05, 0.1) is 20.3 Å². The van der Waals surface area contributed by atoms with Crippen LogP contribution in [0, 0.1) is 0 Å². The Morgan fingerprint density at radius 2 is 1.80 bits per heavy atom. The van der Waals surface area contributed by atoms with Gasteiger partial charge >= 0.3 is 0 Å². The van der Waals surface area contributed by atoms with Gasteiger partial charge in [-0.1, -0.05) is 13.0 Å². The van der Waals surface area contributed by atoms with Crippen molar-refractivity contribution in [3.05, 3.63) is 45.6 Å². The van der Waals surface area contributed by atoms with E-state index in [2.05, 4.69) is 34.7 Å². The predicted octanol–water partition coefficient (Wildman–Crippen LogP) is 3.58. The molecule has 0 fully saturated rings. The first-order valence-electron chi connectivity index (χ1n) is 8.51. The van der Waals surface area contributed by atoms with Gasteiger partial charge in [0.2, 0.25) is 0 Å². The summed E-state index contributed by atoms with van der Waals surface area (Å²) in [4.78, 5) is 6.99. The van der Waals surface area contributed by atoms with E-state index in [-0.39, 0.29) is 0 Å². The van der Waals surface area contributed by atoms with Crippen LogP contribution in [0.25, 0.3) is 0 Å². The maximum absolute atomic E-state index is 5.55. The number of benzene rings is 1. The van der Waals surface area contributed by atoms with Crippen LogP contribution in [0.1, 0.15) is 29.2 Å². The van der Waals surface area contributed by atoms with E-state index in [0.29, 0.717) is 13.2 Å². The molecule has 0 aliphatic carbocycles. The zero-order chi connectivity index (χ0) is 18.1. The molecule has 2 rings (SSSR count). The molecule has 0 spiro atoms. The number of aliphatic imine (C=N–C) groups is 1. The summed E-state index contributed by atoms with van der Waals surface area (Å²) < 4.78 is 10.9. The average Bonchev–Trinajstić information content (AvgIpc) is 3.11. The number of nitrogens with one attached hydrogen (secondary N) is 2. The fourth-order valence-corrected chi connectivity index (χ4v) is 3.28. The van der Waals surface area contributed by atoms with Crippen LogP contribution in [-0.4, -0.2) is 26.7 Å². The summed E-state index contributed by atoms with van der Waals surface area (Å²) >= 11 is 1.84.